The highest BCUT2D eigenvalue weighted by Gasteiger charge is 2.07. The van der Waals surface area contributed by atoms with Gasteiger partial charge in [0.15, 0.2) is 5.96 Å². The summed E-state index contributed by atoms with van der Waals surface area (Å²) in [6, 6.07) is 13.2. The van der Waals surface area contributed by atoms with Crippen LogP contribution in [0, 0.1) is 6.92 Å². The van der Waals surface area contributed by atoms with E-state index in [1.54, 1.807) is 27.3 Å². The minimum Gasteiger partial charge on any atom is -0.497 e. The number of amides is 1. The standard InChI is InChI=1S/C21H28N4O3.HI/c1-15-6-5-7-16(12-15)20(26)23-10-11-24-21(22-2)25-14-17-8-9-18(27-3)13-19(17)28-4;/h5-9,12-13H,10-11,14H2,1-4H3,(H,23,26)(H2,22,24,25);1H. The number of nitrogens with one attached hydrogen (secondary N) is 3. The van der Waals surface area contributed by atoms with Crippen LogP contribution in [-0.2, 0) is 6.54 Å². The number of benzene rings is 2. The molecule has 2 aromatic carbocycles. The lowest BCUT2D eigenvalue weighted by atomic mass is 10.1. The van der Waals surface area contributed by atoms with Crippen molar-refractivity contribution in [1.29, 1.82) is 0 Å². The number of hydrogen-bond donors (Lipinski definition) is 3. The molecule has 7 nitrogen and oxygen atoms in total. The van der Waals surface area contributed by atoms with Crippen LogP contribution in [0.15, 0.2) is 47.5 Å². The topological polar surface area (TPSA) is 84.0 Å². The van der Waals surface area contributed by atoms with Crippen LogP contribution in [0.2, 0.25) is 0 Å². The number of methoxy groups -OCH3 is 2. The predicted octanol–water partition coefficient (Wildman–Crippen LogP) is 2.73. The second kappa shape index (κ2) is 12.9. The van der Waals surface area contributed by atoms with Gasteiger partial charge in [-0.1, -0.05) is 17.7 Å². The van der Waals surface area contributed by atoms with Gasteiger partial charge in [-0.15, -0.1) is 24.0 Å². The van der Waals surface area contributed by atoms with E-state index in [9.17, 15) is 4.79 Å². The number of aliphatic imine (C=N–C) groups is 1. The van der Waals surface area contributed by atoms with Crippen LogP contribution in [0.3, 0.4) is 0 Å². The number of ether oxygens (including phenoxy) is 2. The number of halogens is 1. The van der Waals surface area contributed by atoms with Gasteiger partial charge in [0.1, 0.15) is 11.5 Å². The van der Waals surface area contributed by atoms with Gasteiger partial charge in [0.05, 0.1) is 14.2 Å². The molecule has 0 bridgehead atoms. The molecule has 0 aliphatic heterocycles. The van der Waals surface area contributed by atoms with Gasteiger partial charge in [-0.25, -0.2) is 0 Å². The molecular formula is C21H29IN4O3. The van der Waals surface area contributed by atoms with E-state index in [1.165, 1.54) is 0 Å². The molecule has 0 fully saturated rings. The summed E-state index contributed by atoms with van der Waals surface area (Å²) in [4.78, 5) is 16.3. The number of hydrogen-bond acceptors (Lipinski definition) is 4. The van der Waals surface area contributed by atoms with E-state index in [0.717, 1.165) is 22.6 Å². The van der Waals surface area contributed by atoms with Crippen molar-refractivity contribution in [3.05, 3.63) is 59.2 Å². The highest BCUT2D eigenvalue weighted by Crippen LogP contribution is 2.24. The second-order valence-corrected chi connectivity index (χ2v) is 6.16. The average Bonchev–Trinajstić information content (AvgIpc) is 2.72. The van der Waals surface area contributed by atoms with E-state index >= 15 is 0 Å². The minimum atomic E-state index is -0.0867. The molecule has 3 N–H and O–H groups in total. The van der Waals surface area contributed by atoms with Gasteiger partial charge >= 0.3 is 0 Å². The number of carbonyl (C=O) groups is 1. The second-order valence-electron chi connectivity index (χ2n) is 6.16. The Balaban J connectivity index is 0.00000420. The van der Waals surface area contributed by atoms with E-state index in [0.29, 0.717) is 31.2 Å². The van der Waals surface area contributed by atoms with Crippen LogP contribution in [0.5, 0.6) is 11.5 Å². The molecule has 0 aliphatic carbocycles. The first kappa shape index (κ1) is 24.5. The summed E-state index contributed by atoms with van der Waals surface area (Å²) in [6.45, 7) is 3.55. The Bertz CT molecular complexity index is 827. The fraction of sp³-hybridized carbons (Fsp3) is 0.333. The van der Waals surface area contributed by atoms with Crippen LogP contribution < -0.4 is 25.4 Å². The summed E-state index contributed by atoms with van der Waals surface area (Å²) in [6.07, 6.45) is 0. The summed E-state index contributed by atoms with van der Waals surface area (Å²) in [5, 5.41) is 9.30. The smallest absolute Gasteiger partial charge is 0.251 e. The Kier molecular flexibility index (Phi) is 10.9. The minimum absolute atomic E-state index is 0. The SMILES string of the molecule is CN=C(NCCNC(=O)c1cccc(C)c1)NCc1ccc(OC)cc1OC.I. The Hall–Kier alpha value is -2.49. The van der Waals surface area contributed by atoms with Gasteiger partial charge in [-0.05, 0) is 31.2 Å². The number of guanidine groups is 1. The predicted molar refractivity (Wildman–Crippen MR) is 127 cm³/mol. The summed E-state index contributed by atoms with van der Waals surface area (Å²) in [5.41, 5.74) is 2.71. The van der Waals surface area contributed by atoms with Gasteiger partial charge in [-0.3, -0.25) is 9.79 Å². The molecule has 0 atom stereocenters. The molecule has 29 heavy (non-hydrogen) atoms. The van der Waals surface area contributed by atoms with Gasteiger partial charge in [-0.2, -0.15) is 0 Å². The van der Waals surface area contributed by atoms with Gasteiger partial charge in [0, 0.05) is 43.9 Å². The van der Waals surface area contributed by atoms with Gasteiger partial charge in [0.25, 0.3) is 5.91 Å². The van der Waals surface area contributed by atoms with E-state index in [2.05, 4.69) is 20.9 Å². The molecular weight excluding hydrogens is 483 g/mol. The van der Waals surface area contributed by atoms with Crippen molar-refractivity contribution in [3.8, 4) is 11.5 Å². The Morgan fingerprint density at radius 3 is 2.41 bits per heavy atom. The molecule has 0 spiro atoms. The van der Waals surface area contributed by atoms with Crippen LogP contribution in [0.1, 0.15) is 21.5 Å². The number of carbonyl (C=O) groups excluding carboxylic acids is 1. The summed E-state index contributed by atoms with van der Waals surface area (Å²) >= 11 is 0. The lowest BCUT2D eigenvalue weighted by molar-refractivity contribution is 0.0954. The zero-order valence-electron chi connectivity index (χ0n) is 17.2. The molecule has 0 heterocycles. The van der Waals surface area contributed by atoms with Crippen LogP contribution in [-0.4, -0.2) is 46.2 Å². The van der Waals surface area contributed by atoms with E-state index < -0.39 is 0 Å². The molecule has 0 radical (unpaired) electrons. The van der Waals surface area contributed by atoms with Crippen molar-refractivity contribution in [2.75, 3.05) is 34.4 Å². The third kappa shape index (κ3) is 7.80. The average molecular weight is 512 g/mol. The number of rotatable bonds is 8. The van der Waals surface area contributed by atoms with Crippen LogP contribution >= 0.6 is 24.0 Å². The third-order valence-electron chi connectivity index (χ3n) is 4.15. The molecule has 0 unspecified atom stereocenters. The van der Waals surface area contributed by atoms with Crippen molar-refractivity contribution < 1.29 is 14.3 Å². The fourth-order valence-corrected chi connectivity index (χ4v) is 2.64. The lowest BCUT2D eigenvalue weighted by Gasteiger charge is -2.14. The largest absolute Gasteiger partial charge is 0.497 e. The van der Waals surface area contributed by atoms with E-state index in [-0.39, 0.29) is 29.9 Å². The van der Waals surface area contributed by atoms with E-state index in [4.69, 9.17) is 9.47 Å². The molecule has 0 aromatic heterocycles. The quantitative estimate of drug-likeness (QED) is 0.219. The highest BCUT2D eigenvalue weighted by molar-refractivity contribution is 14.0. The van der Waals surface area contributed by atoms with Gasteiger partial charge in [0.2, 0.25) is 0 Å². The third-order valence-corrected chi connectivity index (χ3v) is 4.15. The van der Waals surface area contributed by atoms with Crippen molar-refractivity contribution >= 4 is 35.8 Å². The Labute approximate surface area is 189 Å². The van der Waals surface area contributed by atoms with Crippen LogP contribution in [0.25, 0.3) is 0 Å². The maximum atomic E-state index is 12.1. The molecule has 0 saturated heterocycles. The molecule has 2 aromatic rings. The Morgan fingerprint density at radius 1 is 1.00 bits per heavy atom. The first-order valence-corrected chi connectivity index (χ1v) is 9.07. The normalized spacial score (nSPS) is 10.6. The molecule has 2 rings (SSSR count). The molecule has 158 valence electrons. The monoisotopic (exact) mass is 512 g/mol. The number of nitrogens with zero attached hydrogens (tertiary/aromatic N) is 1. The summed E-state index contributed by atoms with van der Waals surface area (Å²) < 4.78 is 10.6. The first-order valence-electron chi connectivity index (χ1n) is 9.07. The maximum Gasteiger partial charge on any atom is 0.251 e. The maximum absolute atomic E-state index is 12.1. The van der Waals surface area contributed by atoms with Crippen molar-refractivity contribution in [2.45, 2.75) is 13.5 Å². The van der Waals surface area contributed by atoms with Gasteiger partial charge < -0.3 is 25.4 Å². The molecule has 8 heteroatoms. The summed E-state index contributed by atoms with van der Waals surface area (Å²) in [5.74, 6) is 2.04. The van der Waals surface area contributed by atoms with Crippen molar-refractivity contribution in [1.82, 2.24) is 16.0 Å². The van der Waals surface area contributed by atoms with E-state index in [1.807, 2.05) is 43.3 Å². The first-order chi connectivity index (χ1) is 13.6. The molecule has 1 amide bonds. The van der Waals surface area contributed by atoms with Crippen LogP contribution in [0.4, 0.5) is 0 Å². The summed E-state index contributed by atoms with van der Waals surface area (Å²) in [7, 11) is 4.95. The van der Waals surface area contributed by atoms with Crippen molar-refractivity contribution in [2.24, 2.45) is 4.99 Å². The lowest BCUT2D eigenvalue weighted by Crippen LogP contribution is -2.41. The zero-order valence-corrected chi connectivity index (χ0v) is 19.6. The van der Waals surface area contributed by atoms with Crippen molar-refractivity contribution in [3.63, 3.8) is 0 Å². The zero-order chi connectivity index (χ0) is 20.4. The fourth-order valence-electron chi connectivity index (χ4n) is 2.64. The highest BCUT2D eigenvalue weighted by atomic mass is 127. The number of aryl methyl sites for hydroxylation is 1. The Morgan fingerprint density at radius 2 is 1.76 bits per heavy atom. The molecule has 0 aliphatic rings. The molecule has 0 saturated carbocycles.